The number of aromatic nitrogens is 4. The van der Waals surface area contributed by atoms with Crippen molar-refractivity contribution in [2.24, 2.45) is 0 Å². The second-order valence-electron chi connectivity index (χ2n) is 6.95. The first-order valence-electron chi connectivity index (χ1n) is 9.29. The van der Waals surface area contributed by atoms with Gasteiger partial charge in [-0.15, -0.1) is 11.6 Å². The summed E-state index contributed by atoms with van der Waals surface area (Å²) >= 11 is 12.4. The standard InChI is InChI=1S/C17H24Cl2N6O/c18-12-1-3-13(4-2-12)25-16-14(11-21-25)15(22-17(19)23-16)20-5-6-24-7-9-26-10-8-24/h11-13H,1-10H2,(H,20,22,23). The van der Waals surface area contributed by atoms with E-state index in [-0.39, 0.29) is 10.7 Å². The highest BCUT2D eigenvalue weighted by Crippen LogP contribution is 2.33. The first-order valence-corrected chi connectivity index (χ1v) is 10.1. The van der Waals surface area contributed by atoms with Crippen LogP contribution in [0, 0.1) is 0 Å². The average Bonchev–Trinajstić information content (AvgIpc) is 3.07. The summed E-state index contributed by atoms with van der Waals surface area (Å²) in [4.78, 5) is 11.2. The number of ether oxygens (including phenoxy) is 1. The van der Waals surface area contributed by atoms with Gasteiger partial charge in [0, 0.05) is 31.6 Å². The molecule has 0 aromatic carbocycles. The Kier molecular flexibility index (Phi) is 5.78. The van der Waals surface area contributed by atoms with Gasteiger partial charge in [-0.1, -0.05) is 0 Å². The van der Waals surface area contributed by atoms with Gasteiger partial charge >= 0.3 is 0 Å². The first-order chi connectivity index (χ1) is 12.7. The molecule has 0 bridgehead atoms. The van der Waals surface area contributed by atoms with E-state index < -0.39 is 0 Å². The smallest absolute Gasteiger partial charge is 0.226 e. The van der Waals surface area contributed by atoms with Crippen molar-refractivity contribution in [3.05, 3.63) is 11.5 Å². The van der Waals surface area contributed by atoms with E-state index in [1.54, 1.807) is 0 Å². The molecule has 2 fully saturated rings. The minimum Gasteiger partial charge on any atom is -0.379 e. The van der Waals surface area contributed by atoms with Crippen LogP contribution < -0.4 is 5.32 Å². The molecule has 3 heterocycles. The van der Waals surface area contributed by atoms with E-state index in [9.17, 15) is 0 Å². The van der Waals surface area contributed by atoms with Gasteiger partial charge in [0.1, 0.15) is 5.82 Å². The molecule has 1 aliphatic heterocycles. The van der Waals surface area contributed by atoms with Crippen molar-refractivity contribution in [1.29, 1.82) is 0 Å². The van der Waals surface area contributed by atoms with E-state index in [2.05, 4.69) is 25.3 Å². The summed E-state index contributed by atoms with van der Waals surface area (Å²) in [5.41, 5.74) is 0.803. The fraction of sp³-hybridized carbons (Fsp3) is 0.706. The Balaban J connectivity index is 1.48. The highest BCUT2D eigenvalue weighted by Gasteiger charge is 2.24. The van der Waals surface area contributed by atoms with E-state index in [0.29, 0.717) is 6.04 Å². The molecule has 142 valence electrons. The lowest BCUT2D eigenvalue weighted by Gasteiger charge is -2.26. The maximum absolute atomic E-state index is 6.24. The number of hydrogen-bond acceptors (Lipinski definition) is 6. The summed E-state index contributed by atoms with van der Waals surface area (Å²) < 4.78 is 7.38. The minimum atomic E-state index is 0.249. The molecular weight excluding hydrogens is 375 g/mol. The van der Waals surface area contributed by atoms with Crippen LogP contribution in [0.1, 0.15) is 31.7 Å². The van der Waals surface area contributed by atoms with Gasteiger partial charge in [-0.25, -0.2) is 4.68 Å². The van der Waals surface area contributed by atoms with Gasteiger partial charge in [0.25, 0.3) is 0 Å². The Morgan fingerprint density at radius 3 is 2.69 bits per heavy atom. The van der Waals surface area contributed by atoms with Gasteiger partial charge in [-0.2, -0.15) is 15.1 Å². The van der Waals surface area contributed by atoms with Crippen LogP contribution in [0.5, 0.6) is 0 Å². The fourth-order valence-corrected chi connectivity index (χ4v) is 4.15. The zero-order chi connectivity index (χ0) is 17.9. The lowest BCUT2D eigenvalue weighted by molar-refractivity contribution is 0.0398. The quantitative estimate of drug-likeness (QED) is 0.616. The highest BCUT2D eigenvalue weighted by molar-refractivity contribution is 6.28. The molecule has 1 aliphatic carbocycles. The third-order valence-corrected chi connectivity index (χ3v) is 5.83. The van der Waals surface area contributed by atoms with E-state index in [1.807, 2.05) is 10.9 Å². The number of alkyl halides is 1. The number of nitrogens with one attached hydrogen (secondary N) is 1. The topological polar surface area (TPSA) is 68.1 Å². The van der Waals surface area contributed by atoms with Gasteiger partial charge in [-0.3, -0.25) is 4.90 Å². The highest BCUT2D eigenvalue weighted by atomic mass is 35.5. The first kappa shape index (κ1) is 18.2. The van der Waals surface area contributed by atoms with E-state index in [4.69, 9.17) is 27.9 Å². The van der Waals surface area contributed by atoms with Crippen LogP contribution in [0.15, 0.2) is 6.20 Å². The van der Waals surface area contributed by atoms with Crippen molar-refractivity contribution in [1.82, 2.24) is 24.6 Å². The van der Waals surface area contributed by atoms with Gasteiger partial charge in [0.05, 0.1) is 30.8 Å². The Labute approximate surface area is 163 Å². The molecule has 0 amide bonds. The molecule has 2 aliphatic rings. The molecule has 1 saturated heterocycles. The summed E-state index contributed by atoms with van der Waals surface area (Å²) in [6, 6.07) is 0.328. The van der Waals surface area contributed by atoms with Crippen molar-refractivity contribution in [2.75, 3.05) is 44.7 Å². The molecule has 4 rings (SSSR count). The maximum Gasteiger partial charge on any atom is 0.226 e. The predicted molar refractivity (Wildman–Crippen MR) is 103 cm³/mol. The summed E-state index contributed by atoms with van der Waals surface area (Å²) in [5.74, 6) is 0.755. The van der Waals surface area contributed by atoms with Gasteiger partial charge in [-0.05, 0) is 37.3 Å². The second kappa shape index (κ2) is 8.25. The Morgan fingerprint density at radius 2 is 1.92 bits per heavy atom. The normalized spacial score (nSPS) is 24.8. The average molecular weight is 399 g/mol. The van der Waals surface area contributed by atoms with Crippen molar-refractivity contribution in [3.63, 3.8) is 0 Å². The summed E-state index contributed by atoms with van der Waals surface area (Å²) in [6.45, 7) is 5.30. The summed E-state index contributed by atoms with van der Waals surface area (Å²) in [6.07, 6.45) is 5.91. The Hall–Kier alpha value is -1.15. The molecule has 0 atom stereocenters. The molecule has 1 saturated carbocycles. The molecule has 0 spiro atoms. The third-order valence-electron chi connectivity index (χ3n) is 5.22. The van der Waals surface area contributed by atoms with Crippen LogP contribution in [0.4, 0.5) is 5.82 Å². The van der Waals surface area contributed by atoms with Gasteiger partial charge in [0.2, 0.25) is 5.28 Å². The molecular formula is C17H24Cl2N6O. The zero-order valence-corrected chi connectivity index (χ0v) is 16.2. The number of nitrogens with zero attached hydrogens (tertiary/aromatic N) is 5. The van der Waals surface area contributed by atoms with E-state index >= 15 is 0 Å². The maximum atomic E-state index is 6.24. The van der Waals surface area contributed by atoms with E-state index in [0.717, 1.165) is 81.9 Å². The Morgan fingerprint density at radius 1 is 1.15 bits per heavy atom. The second-order valence-corrected chi connectivity index (χ2v) is 7.91. The number of morpholine rings is 1. The molecule has 7 nitrogen and oxygen atoms in total. The van der Waals surface area contributed by atoms with Gasteiger partial charge < -0.3 is 10.1 Å². The molecule has 0 unspecified atom stereocenters. The van der Waals surface area contributed by atoms with Gasteiger partial charge in [0.15, 0.2) is 5.65 Å². The van der Waals surface area contributed by atoms with Crippen LogP contribution in [-0.4, -0.2) is 69.4 Å². The SMILES string of the molecule is Clc1nc(NCCN2CCOCC2)c2cnn(C3CCC(Cl)CC3)c2n1. The van der Waals surface area contributed by atoms with Crippen LogP contribution in [-0.2, 0) is 4.74 Å². The lowest BCUT2D eigenvalue weighted by atomic mass is 9.95. The number of halogens is 2. The summed E-state index contributed by atoms with van der Waals surface area (Å²) in [5, 5.41) is 9.45. The van der Waals surface area contributed by atoms with E-state index in [1.165, 1.54) is 0 Å². The molecule has 9 heteroatoms. The predicted octanol–water partition coefficient (Wildman–Crippen LogP) is 2.95. The molecule has 0 radical (unpaired) electrons. The van der Waals surface area contributed by atoms with Crippen molar-refractivity contribution < 1.29 is 4.74 Å². The Bertz CT molecular complexity index is 740. The van der Waals surface area contributed by atoms with Crippen LogP contribution in [0.3, 0.4) is 0 Å². The molecule has 26 heavy (non-hydrogen) atoms. The number of fused-ring (bicyclic) bond motifs is 1. The number of rotatable bonds is 5. The molecule has 2 aromatic rings. The van der Waals surface area contributed by atoms with Crippen molar-refractivity contribution >= 4 is 40.1 Å². The van der Waals surface area contributed by atoms with Crippen molar-refractivity contribution in [3.8, 4) is 0 Å². The van der Waals surface area contributed by atoms with Crippen LogP contribution >= 0.6 is 23.2 Å². The minimum absolute atomic E-state index is 0.249. The number of anilines is 1. The number of hydrogen-bond donors (Lipinski definition) is 1. The fourth-order valence-electron chi connectivity index (χ4n) is 3.74. The van der Waals surface area contributed by atoms with Crippen molar-refractivity contribution in [2.45, 2.75) is 37.1 Å². The monoisotopic (exact) mass is 398 g/mol. The van der Waals surface area contributed by atoms with Crippen LogP contribution in [0.25, 0.3) is 11.0 Å². The third kappa shape index (κ3) is 4.06. The summed E-state index contributed by atoms with van der Waals surface area (Å²) in [7, 11) is 0. The largest absolute Gasteiger partial charge is 0.379 e. The molecule has 2 aromatic heterocycles. The van der Waals surface area contributed by atoms with Crippen LogP contribution in [0.2, 0.25) is 5.28 Å². The lowest BCUT2D eigenvalue weighted by Crippen LogP contribution is -2.39. The zero-order valence-electron chi connectivity index (χ0n) is 14.7. The molecule has 1 N–H and O–H groups in total.